The highest BCUT2D eigenvalue weighted by molar-refractivity contribution is 7.07. The van der Waals surface area contributed by atoms with Crippen LogP contribution in [0.1, 0.15) is 37.2 Å². The highest BCUT2D eigenvalue weighted by Gasteiger charge is 2.20. The predicted molar refractivity (Wildman–Crippen MR) is 70.8 cm³/mol. The van der Waals surface area contributed by atoms with E-state index < -0.39 is 5.97 Å². The van der Waals surface area contributed by atoms with Gasteiger partial charge in [0.2, 0.25) is 0 Å². The minimum Gasteiger partial charge on any atom is -0.478 e. The number of aromatic carboxylic acids is 1. The number of aryl methyl sites for hydroxylation is 2. The third kappa shape index (κ3) is 2.69. The SMILES string of the molecule is Cc1nnsc1C(=O)N(C)Cc1cc(C(=O)O)c(C)o1. The number of amides is 1. The summed E-state index contributed by atoms with van der Waals surface area (Å²) < 4.78 is 9.06. The molecule has 1 N–H and O–H groups in total. The fourth-order valence-corrected chi connectivity index (χ4v) is 2.39. The molecule has 0 aromatic carbocycles. The first kappa shape index (κ1) is 14.2. The van der Waals surface area contributed by atoms with Gasteiger partial charge in [-0.25, -0.2) is 4.79 Å². The summed E-state index contributed by atoms with van der Waals surface area (Å²) in [6.07, 6.45) is 0. The second kappa shape index (κ2) is 5.41. The molecule has 2 rings (SSSR count). The van der Waals surface area contributed by atoms with Crippen LogP contribution in [-0.2, 0) is 6.54 Å². The number of carbonyl (C=O) groups excluding carboxylic acids is 1. The molecule has 2 aromatic heterocycles. The molecule has 0 spiro atoms. The fraction of sp³-hybridized carbons (Fsp3) is 0.333. The van der Waals surface area contributed by atoms with Crippen LogP contribution in [0.3, 0.4) is 0 Å². The lowest BCUT2D eigenvalue weighted by molar-refractivity contribution is 0.0694. The lowest BCUT2D eigenvalue weighted by Crippen LogP contribution is -2.25. The second-order valence-corrected chi connectivity index (χ2v) is 5.09. The first-order valence-electron chi connectivity index (χ1n) is 5.77. The Bertz CT molecular complexity index is 661. The van der Waals surface area contributed by atoms with E-state index >= 15 is 0 Å². The first-order valence-corrected chi connectivity index (χ1v) is 6.54. The van der Waals surface area contributed by atoms with E-state index in [9.17, 15) is 9.59 Å². The minimum atomic E-state index is -1.05. The van der Waals surface area contributed by atoms with Gasteiger partial charge in [0.1, 0.15) is 22.0 Å². The largest absolute Gasteiger partial charge is 0.478 e. The van der Waals surface area contributed by atoms with Gasteiger partial charge in [0, 0.05) is 7.05 Å². The van der Waals surface area contributed by atoms with E-state index in [0.29, 0.717) is 22.1 Å². The summed E-state index contributed by atoms with van der Waals surface area (Å²) in [6.45, 7) is 3.47. The van der Waals surface area contributed by atoms with Crippen molar-refractivity contribution in [1.29, 1.82) is 0 Å². The summed E-state index contributed by atoms with van der Waals surface area (Å²) in [5, 5.41) is 12.7. The quantitative estimate of drug-likeness (QED) is 0.922. The van der Waals surface area contributed by atoms with Crippen LogP contribution in [0.2, 0.25) is 0 Å². The van der Waals surface area contributed by atoms with Gasteiger partial charge in [0.05, 0.1) is 12.2 Å². The maximum atomic E-state index is 12.2. The van der Waals surface area contributed by atoms with Crippen molar-refractivity contribution in [2.45, 2.75) is 20.4 Å². The topological polar surface area (TPSA) is 96.5 Å². The molecule has 7 nitrogen and oxygen atoms in total. The third-order valence-corrected chi connectivity index (χ3v) is 3.60. The lowest BCUT2D eigenvalue weighted by Gasteiger charge is -2.14. The number of aromatic nitrogens is 2. The minimum absolute atomic E-state index is 0.108. The molecule has 20 heavy (non-hydrogen) atoms. The van der Waals surface area contributed by atoms with Crippen molar-refractivity contribution in [3.8, 4) is 0 Å². The molecule has 0 aliphatic carbocycles. The van der Waals surface area contributed by atoms with Crippen LogP contribution in [-0.4, -0.2) is 38.5 Å². The van der Waals surface area contributed by atoms with Gasteiger partial charge in [-0.3, -0.25) is 4.79 Å². The molecule has 0 radical (unpaired) electrons. The smallest absolute Gasteiger partial charge is 0.339 e. The monoisotopic (exact) mass is 295 g/mol. The van der Waals surface area contributed by atoms with Crippen LogP contribution >= 0.6 is 11.5 Å². The molecule has 0 unspecified atom stereocenters. The molecule has 2 aromatic rings. The summed E-state index contributed by atoms with van der Waals surface area (Å²) >= 11 is 1.03. The lowest BCUT2D eigenvalue weighted by atomic mass is 10.2. The number of rotatable bonds is 4. The Hall–Kier alpha value is -2.22. The molecule has 0 bridgehead atoms. The van der Waals surface area contributed by atoms with Crippen molar-refractivity contribution >= 4 is 23.4 Å². The second-order valence-electron chi connectivity index (χ2n) is 4.34. The molecule has 0 atom stereocenters. The molecule has 0 aliphatic rings. The van der Waals surface area contributed by atoms with Crippen LogP contribution in [0.4, 0.5) is 0 Å². The van der Waals surface area contributed by atoms with Gasteiger partial charge in [0.25, 0.3) is 5.91 Å². The summed E-state index contributed by atoms with van der Waals surface area (Å²) in [5.74, 6) is -0.521. The van der Waals surface area contributed by atoms with E-state index in [2.05, 4.69) is 9.59 Å². The van der Waals surface area contributed by atoms with E-state index in [1.54, 1.807) is 20.9 Å². The molecule has 0 fully saturated rings. The van der Waals surface area contributed by atoms with Gasteiger partial charge in [-0.1, -0.05) is 4.49 Å². The standard InChI is InChI=1S/C12H13N3O4S/c1-6-10(20-14-13-6)11(16)15(3)5-8-4-9(12(17)18)7(2)19-8/h4H,5H2,1-3H3,(H,17,18). The number of nitrogens with zero attached hydrogens (tertiary/aromatic N) is 3. The van der Waals surface area contributed by atoms with E-state index in [-0.39, 0.29) is 18.0 Å². The molecule has 106 valence electrons. The number of carbonyl (C=O) groups is 2. The highest BCUT2D eigenvalue weighted by atomic mass is 32.1. The molecule has 0 saturated carbocycles. The molecule has 2 heterocycles. The van der Waals surface area contributed by atoms with Crippen LogP contribution in [0.5, 0.6) is 0 Å². The third-order valence-electron chi connectivity index (χ3n) is 2.78. The zero-order chi connectivity index (χ0) is 14.9. The summed E-state index contributed by atoms with van der Waals surface area (Å²) in [4.78, 5) is 25.0. The van der Waals surface area contributed by atoms with Crippen molar-refractivity contribution in [3.63, 3.8) is 0 Å². The van der Waals surface area contributed by atoms with E-state index in [1.807, 2.05) is 0 Å². The van der Waals surface area contributed by atoms with Crippen LogP contribution in [0.25, 0.3) is 0 Å². The van der Waals surface area contributed by atoms with Gasteiger partial charge < -0.3 is 14.4 Å². The average Bonchev–Trinajstić information content (AvgIpc) is 2.94. The van der Waals surface area contributed by atoms with Gasteiger partial charge in [-0.2, -0.15) is 0 Å². The number of furan rings is 1. The Kier molecular flexibility index (Phi) is 3.84. The van der Waals surface area contributed by atoms with E-state index in [1.165, 1.54) is 11.0 Å². The van der Waals surface area contributed by atoms with Gasteiger partial charge in [-0.05, 0) is 31.4 Å². The Balaban J connectivity index is 2.14. The number of carboxylic acids is 1. The Morgan fingerprint density at radius 1 is 1.45 bits per heavy atom. The normalized spacial score (nSPS) is 10.6. The molecular weight excluding hydrogens is 282 g/mol. The zero-order valence-electron chi connectivity index (χ0n) is 11.2. The van der Waals surface area contributed by atoms with Crippen molar-refractivity contribution in [2.24, 2.45) is 0 Å². The summed E-state index contributed by atoms with van der Waals surface area (Å²) in [7, 11) is 1.61. The summed E-state index contributed by atoms with van der Waals surface area (Å²) in [6, 6.07) is 1.43. The van der Waals surface area contributed by atoms with Gasteiger partial charge in [-0.15, -0.1) is 5.10 Å². The van der Waals surface area contributed by atoms with Gasteiger partial charge in [0.15, 0.2) is 0 Å². The molecule has 0 saturated heterocycles. The van der Waals surface area contributed by atoms with Crippen molar-refractivity contribution in [3.05, 3.63) is 33.7 Å². The Labute approximate surface area is 119 Å². The molecular formula is C12H13N3O4S. The highest BCUT2D eigenvalue weighted by Crippen LogP contribution is 2.18. The van der Waals surface area contributed by atoms with Crippen LogP contribution in [0, 0.1) is 13.8 Å². The predicted octanol–water partition coefficient (Wildman–Crippen LogP) is 1.72. The number of carboxylic acid groups (broad SMARTS) is 1. The molecule has 1 amide bonds. The molecule has 0 aliphatic heterocycles. The summed E-state index contributed by atoms with van der Waals surface area (Å²) in [5.41, 5.74) is 0.685. The zero-order valence-corrected chi connectivity index (χ0v) is 12.0. The van der Waals surface area contributed by atoms with Crippen LogP contribution in [0.15, 0.2) is 10.5 Å². The number of hydrogen-bond donors (Lipinski definition) is 1. The maximum absolute atomic E-state index is 12.2. The fourth-order valence-electron chi connectivity index (χ4n) is 1.74. The van der Waals surface area contributed by atoms with Crippen molar-refractivity contribution in [1.82, 2.24) is 14.5 Å². The Morgan fingerprint density at radius 3 is 2.65 bits per heavy atom. The Morgan fingerprint density at radius 2 is 2.15 bits per heavy atom. The maximum Gasteiger partial charge on any atom is 0.339 e. The first-order chi connectivity index (χ1) is 9.40. The molecule has 8 heteroatoms. The van der Waals surface area contributed by atoms with Gasteiger partial charge >= 0.3 is 5.97 Å². The van der Waals surface area contributed by atoms with E-state index in [4.69, 9.17) is 9.52 Å². The van der Waals surface area contributed by atoms with Crippen molar-refractivity contribution in [2.75, 3.05) is 7.05 Å². The van der Waals surface area contributed by atoms with Crippen molar-refractivity contribution < 1.29 is 19.1 Å². The van der Waals surface area contributed by atoms with Crippen LogP contribution < -0.4 is 0 Å². The average molecular weight is 295 g/mol. The number of hydrogen-bond acceptors (Lipinski definition) is 6. The van der Waals surface area contributed by atoms with E-state index in [0.717, 1.165) is 11.5 Å².